The van der Waals surface area contributed by atoms with E-state index in [1.807, 2.05) is 51.1 Å². The molecule has 0 atom stereocenters. The Labute approximate surface area is 120 Å². The summed E-state index contributed by atoms with van der Waals surface area (Å²) in [5.74, 6) is -0.462. The summed E-state index contributed by atoms with van der Waals surface area (Å²) >= 11 is 0. The minimum atomic E-state index is -0.347. The maximum Gasteiger partial charge on any atom is 0.306 e. The molecule has 0 unspecified atom stereocenters. The molecule has 0 aliphatic heterocycles. The second-order valence-electron chi connectivity index (χ2n) is 5.98. The van der Waals surface area contributed by atoms with Crippen LogP contribution in [-0.4, -0.2) is 18.4 Å². The normalized spacial score (nSPS) is 10.9. The molecule has 20 heavy (non-hydrogen) atoms. The summed E-state index contributed by atoms with van der Waals surface area (Å²) in [7, 11) is 0. The fourth-order valence-corrected chi connectivity index (χ4v) is 1.48. The molecule has 1 aromatic carbocycles. The topological polar surface area (TPSA) is 55.4 Å². The van der Waals surface area contributed by atoms with Gasteiger partial charge in [0.15, 0.2) is 0 Å². The van der Waals surface area contributed by atoms with Gasteiger partial charge in [0.2, 0.25) is 5.91 Å². The van der Waals surface area contributed by atoms with Gasteiger partial charge in [-0.05, 0) is 11.0 Å². The van der Waals surface area contributed by atoms with E-state index in [-0.39, 0.29) is 36.7 Å². The first kappa shape index (κ1) is 16.2. The molecule has 0 spiro atoms. The smallest absolute Gasteiger partial charge is 0.306 e. The third kappa shape index (κ3) is 7.56. The van der Waals surface area contributed by atoms with Gasteiger partial charge in [-0.15, -0.1) is 0 Å². The molecule has 0 saturated carbocycles. The van der Waals surface area contributed by atoms with Crippen molar-refractivity contribution in [3.63, 3.8) is 0 Å². The van der Waals surface area contributed by atoms with Crippen molar-refractivity contribution in [2.24, 2.45) is 5.41 Å². The Hall–Kier alpha value is -1.84. The first-order chi connectivity index (χ1) is 9.37. The summed E-state index contributed by atoms with van der Waals surface area (Å²) in [5.41, 5.74) is 0.988. The Kier molecular flexibility index (Phi) is 6.22. The van der Waals surface area contributed by atoms with Gasteiger partial charge in [-0.1, -0.05) is 51.1 Å². The van der Waals surface area contributed by atoms with Gasteiger partial charge in [-0.25, -0.2) is 0 Å². The number of hydrogen-bond acceptors (Lipinski definition) is 3. The fraction of sp³-hybridized carbons (Fsp3) is 0.500. The van der Waals surface area contributed by atoms with Crippen LogP contribution in [0.2, 0.25) is 0 Å². The monoisotopic (exact) mass is 277 g/mol. The van der Waals surface area contributed by atoms with E-state index in [9.17, 15) is 9.59 Å². The van der Waals surface area contributed by atoms with E-state index in [0.717, 1.165) is 5.56 Å². The molecule has 0 aromatic heterocycles. The molecule has 1 rings (SSSR count). The molecular formula is C16H23NO3. The molecule has 1 amide bonds. The van der Waals surface area contributed by atoms with E-state index in [1.165, 1.54) is 0 Å². The average Bonchev–Trinajstić information content (AvgIpc) is 2.41. The molecule has 0 saturated heterocycles. The number of hydrogen-bond donors (Lipinski definition) is 1. The van der Waals surface area contributed by atoms with E-state index in [4.69, 9.17) is 4.74 Å². The highest BCUT2D eigenvalue weighted by molar-refractivity contribution is 5.81. The van der Waals surface area contributed by atoms with Crippen molar-refractivity contribution >= 4 is 11.9 Å². The third-order valence-corrected chi connectivity index (χ3v) is 2.61. The lowest BCUT2D eigenvalue weighted by atomic mass is 9.97. The van der Waals surface area contributed by atoms with Crippen LogP contribution in [0.4, 0.5) is 0 Å². The van der Waals surface area contributed by atoms with Crippen molar-refractivity contribution in [2.45, 2.75) is 40.2 Å². The number of carbonyl (C=O) groups is 2. The van der Waals surface area contributed by atoms with Gasteiger partial charge in [-0.2, -0.15) is 0 Å². The van der Waals surface area contributed by atoms with Gasteiger partial charge in [-0.3, -0.25) is 9.59 Å². The SMILES string of the molecule is CC(C)(C)CNC(=O)CCC(=O)OCc1ccccc1. The number of carbonyl (C=O) groups excluding carboxylic acids is 2. The Balaban J connectivity index is 2.18. The molecule has 4 heteroatoms. The lowest BCUT2D eigenvalue weighted by Crippen LogP contribution is -2.32. The van der Waals surface area contributed by atoms with E-state index in [0.29, 0.717) is 6.54 Å². The first-order valence-corrected chi connectivity index (χ1v) is 6.83. The standard InChI is InChI=1S/C16H23NO3/c1-16(2,3)12-17-14(18)9-10-15(19)20-11-13-7-5-4-6-8-13/h4-8H,9-12H2,1-3H3,(H,17,18). The van der Waals surface area contributed by atoms with Crippen LogP contribution in [0.1, 0.15) is 39.2 Å². The molecule has 0 bridgehead atoms. The van der Waals surface area contributed by atoms with Crippen LogP contribution in [0.3, 0.4) is 0 Å². The second kappa shape index (κ2) is 7.68. The zero-order valence-electron chi connectivity index (χ0n) is 12.4. The largest absolute Gasteiger partial charge is 0.461 e. The highest BCUT2D eigenvalue weighted by atomic mass is 16.5. The van der Waals surface area contributed by atoms with Crippen LogP contribution in [0.25, 0.3) is 0 Å². The van der Waals surface area contributed by atoms with Crippen LogP contribution < -0.4 is 5.32 Å². The fourth-order valence-electron chi connectivity index (χ4n) is 1.48. The molecule has 0 aliphatic carbocycles. The van der Waals surface area contributed by atoms with Gasteiger partial charge < -0.3 is 10.1 Å². The van der Waals surface area contributed by atoms with Crippen molar-refractivity contribution in [1.82, 2.24) is 5.32 Å². The number of rotatable bonds is 6. The average molecular weight is 277 g/mol. The van der Waals surface area contributed by atoms with E-state index < -0.39 is 0 Å². The summed E-state index contributed by atoms with van der Waals surface area (Å²) in [6, 6.07) is 9.48. The summed E-state index contributed by atoms with van der Waals surface area (Å²) in [4.78, 5) is 23.1. The molecule has 4 nitrogen and oxygen atoms in total. The summed E-state index contributed by atoms with van der Waals surface area (Å²) in [5, 5.41) is 2.81. The van der Waals surface area contributed by atoms with Crippen LogP contribution >= 0.6 is 0 Å². The molecule has 0 aliphatic rings. The van der Waals surface area contributed by atoms with Gasteiger partial charge in [0.1, 0.15) is 6.61 Å². The minimum Gasteiger partial charge on any atom is -0.461 e. The van der Waals surface area contributed by atoms with Crippen molar-refractivity contribution < 1.29 is 14.3 Å². The highest BCUT2D eigenvalue weighted by Gasteiger charge is 2.13. The van der Waals surface area contributed by atoms with E-state index in [2.05, 4.69) is 5.32 Å². The second-order valence-corrected chi connectivity index (χ2v) is 5.98. The van der Waals surface area contributed by atoms with Crippen LogP contribution in [0.5, 0.6) is 0 Å². The van der Waals surface area contributed by atoms with Crippen molar-refractivity contribution in [1.29, 1.82) is 0 Å². The van der Waals surface area contributed by atoms with Gasteiger partial charge >= 0.3 is 5.97 Å². The van der Waals surface area contributed by atoms with E-state index >= 15 is 0 Å². The number of benzene rings is 1. The van der Waals surface area contributed by atoms with Gasteiger partial charge in [0, 0.05) is 13.0 Å². The molecule has 1 aromatic rings. The predicted molar refractivity (Wildman–Crippen MR) is 77.9 cm³/mol. The Morgan fingerprint density at radius 1 is 1.10 bits per heavy atom. The number of ether oxygens (including phenoxy) is 1. The molecule has 110 valence electrons. The minimum absolute atomic E-state index is 0.0451. The number of nitrogens with one attached hydrogen (secondary N) is 1. The molecular weight excluding hydrogens is 254 g/mol. The van der Waals surface area contributed by atoms with Gasteiger partial charge in [0.25, 0.3) is 0 Å². The summed E-state index contributed by atoms with van der Waals surface area (Å²) < 4.78 is 5.10. The van der Waals surface area contributed by atoms with Crippen LogP contribution in [-0.2, 0) is 20.9 Å². The predicted octanol–water partition coefficient (Wildman–Crippen LogP) is 2.67. The van der Waals surface area contributed by atoms with E-state index in [1.54, 1.807) is 0 Å². The Morgan fingerprint density at radius 3 is 2.35 bits per heavy atom. The zero-order valence-corrected chi connectivity index (χ0v) is 12.4. The molecule has 0 fully saturated rings. The Bertz CT molecular complexity index is 435. The number of esters is 1. The Morgan fingerprint density at radius 2 is 1.75 bits per heavy atom. The van der Waals surface area contributed by atoms with Crippen LogP contribution in [0.15, 0.2) is 30.3 Å². The number of amides is 1. The van der Waals surface area contributed by atoms with Gasteiger partial charge in [0.05, 0.1) is 6.42 Å². The molecule has 1 N–H and O–H groups in total. The third-order valence-electron chi connectivity index (χ3n) is 2.61. The summed E-state index contributed by atoms with van der Waals surface area (Å²) in [6.07, 6.45) is 0.284. The van der Waals surface area contributed by atoms with Crippen molar-refractivity contribution in [2.75, 3.05) is 6.54 Å². The van der Waals surface area contributed by atoms with Crippen molar-refractivity contribution in [3.05, 3.63) is 35.9 Å². The molecule has 0 radical (unpaired) electrons. The quantitative estimate of drug-likeness (QED) is 0.813. The lowest BCUT2D eigenvalue weighted by molar-refractivity contribution is -0.146. The maximum absolute atomic E-state index is 11.5. The zero-order chi connectivity index (χ0) is 15.0. The summed E-state index contributed by atoms with van der Waals surface area (Å²) in [6.45, 7) is 6.98. The lowest BCUT2D eigenvalue weighted by Gasteiger charge is -2.18. The van der Waals surface area contributed by atoms with Crippen molar-refractivity contribution in [3.8, 4) is 0 Å². The van der Waals surface area contributed by atoms with Crippen LogP contribution in [0, 0.1) is 5.41 Å². The molecule has 0 heterocycles. The maximum atomic E-state index is 11.5. The first-order valence-electron chi connectivity index (χ1n) is 6.83. The highest BCUT2D eigenvalue weighted by Crippen LogP contribution is 2.10.